The van der Waals surface area contributed by atoms with Gasteiger partial charge in [-0.25, -0.2) is 0 Å². The van der Waals surface area contributed by atoms with Gasteiger partial charge < -0.3 is 65.1 Å². The number of unbranched alkanes of at least 4 members (excludes halogenated alkanes) is 47. The van der Waals surface area contributed by atoms with Crippen LogP contribution in [0.15, 0.2) is 12.2 Å². The highest BCUT2D eigenvalue weighted by molar-refractivity contribution is 5.76. The third-order valence-electron chi connectivity index (χ3n) is 18.5. The molecule has 14 heteroatoms. The van der Waals surface area contributed by atoms with Crippen molar-refractivity contribution in [2.45, 2.75) is 421 Å². The van der Waals surface area contributed by atoms with Gasteiger partial charge in [-0.2, -0.15) is 0 Å². The van der Waals surface area contributed by atoms with Crippen molar-refractivity contribution in [3.05, 3.63) is 12.2 Å². The predicted octanol–water partition coefficient (Wildman–Crippen LogP) is 15.4. The lowest BCUT2D eigenvalue weighted by molar-refractivity contribution is -0.359. The molecule has 0 aromatic heterocycles. The number of hydrogen-bond donors (Lipinski definition) is 9. The highest BCUT2D eigenvalue weighted by Gasteiger charge is 2.51. The minimum absolute atomic E-state index is 0.199. The van der Waals surface area contributed by atoms with Crippen molar-refractivity contribution in [2.24, 2.45) is 0 Å². The van der Waals surface area contributed by atoms with Crippen LogP contribution < -0.4 is 5.32 Å². The van der Waals surface area contributed by atoms with Gasteiger partial charge in [0.2, 0.25) is 5.91 Å². The number of carbonyl (C=O) groups is 1. The van der Waals surface area contributed by atoms with Gasteiger partial charge in [0.05, 0.1) is 32.0 Å². The van der Waals surface area contributed by atoms with E-state index < -0.39 is 86.8 Å². The average molecular weight is 1230 g/mol. The number of aliphatic hydroxyl groups excluding tert-OH is 8. The van der Waals surface area contributed by atoms with E-state index in [2.05, 4.69) is 31.3 Å². The molecule has 1 amide bonds. The van der Waals surface area contributed by atoms with E-state index in [0.717, 1.165) is 51.4 Å². The Hall–Kier alpha value is -1.27. The molecule has 2 rings (SSSR count). The molecular weight excluding hydrogens is 1090 g/mol. The van der Waals surface area contributed by atoms with E-state index in [-0.39, 0.29) is 12.5 Å². The fourth-order valence-electron chi connectivity index (χ4n) is 12.6. The molecule has 12 unspecified atom stereocenters. The zero-order valence-electron chi connectivity index (χ0n) is 55.6. The molecule has 2 aliphatic heterocycles. The monoisotopic (exact) mass is 1230 g/mol. The molecule has 86 heavy (non-hydrogen) atoms. The van der Waals surface area contributed by atoms with Crippen LogP contribution in [0.4, 0.5) is 0 Å². The molecule has 9 N–H and O–H groups in total. The van der Waals surface area contributed by atoms with Gasteiger partial charge in [0.1, 0.15) is 48.8 Å². The SMILES string of the molecule is CCCCCCCCCC/C=C\CCCCCCCCCCCCCCCC(=O)NC(COC1OC(CO)C(OC2OC(CO)C(O)C(O)C2O)C(O)C1O)C(O)CCCCCCCCCCCCCCCCCCCCCCCCCCCCC. The standard InChI is InChI=1S/C72H139NO13/c1-3-5-7-9-11-13-15-17-19-21-23-25-27-29-30-32-33-35-37-39-41-43-45-47-49-51-53-55-61(76)60(59-83-71-69(82)67(80)70(63(58-75)85-71)86-72-68(81)66(79)65(78)62(57-74)84-72)73-64(77)56-54-52-50-48-46-44-42-40-38-36-34-31-28-26-24-22-20-18-16-14-12-10-8-6-4-2/h22,24,60-63,65-72,74-76,78-82H,3-21,23,25-59H2,1-2H3,(H,73,77)/b24-22-. The first-order valence-electron chi connectivity index (χ1n) is 36.9. The van der Waals surface area contributed by atoms with E-state index in [1.165, 1.54) is 270 Å². The Morgan fingerprint density at radius 2 is 0.733 bits per heavy atom. The minimum atomic E-state index is -1.78. The van der Waals surface area contributed by atoms with Crippen LogP contribution in [0.3, 0.4) is 0 Å². The summed E-state index contributed by atoms with van der Waals surface area (Å²) in [4.78, 5) is 13.4. The van der Waals surface area contributed by atoms with Gasteiger partial charge in [-0.3, -0.25) is 4.79 Å². The van der Waals surface area contributed by atoms with Gasteiger partial charge in [-0.1, -0.05) is 315 Å². The van der Waals surface area contributed by atoms with E-state index in [1.54, 1.807) is 0 Å². The summed E-state index contributed by atoms with van der Waals surface area (Å²) in [5, 5.41) is 87.7. The molecule has 12 atom stereocenters. The molecule has 2 saturated heterocycles. The van der Waals surface area contributed by atoms with Crippen LogP contribution in [0.2, 0.25) is 0 Å². The number of amides is 1. The Morgan fingerprint density at radius 1 is 0.407 bits per heavy atom. The fraction of sp³-hybridized carbons (Fsp3) is 0.958. The summed E-state index contributed by atoms with van der Waals surface area (Å²) in [5.41, 5.74) is 0. The van der Waals surface area contributed by atoms with Crippen LogP contribution in [0.5, 0.6) is 0 Å². The van der Waals surface area contributed by atoms with Crippen molar-refractivity contribution < 1.29 is 64.6 Å². The quantitative estimate of drug-likeness (QED) is 0.0204. The highest BCUT2D eigenvalue weighted by atomic mass is 16.7. The average Bonchev–Trinajstić information content (AvgIpc) is 2.54. The molecule has 0 aliphatic carbocycles. The third-order valence-corrected chi connectivity index (χ3v) is 18.5. The maximum Gasteiger partial charge on any atom is 0.220 e. The number of ether oxygens (including phenoxy) is 4. The van der Waals surface area contributed by atoms with Crippen LogP contribution in [-0.4, -0.2) is 140 Å². The van der Waals surface area contributed by atoms with Crippen molar-refractivity contribution in [1.82, 2.24) is 5.32 Å². The van der Waals surface area contributed by atoms with Crippen LogP contribution in [0.1, 0.15) is 348 Å². The summed E-state index contributed by atoms with van der Waals surface area (Å²) in [7, 11) is 0. The van der Waals surface area contributed by atoms with Gasteiger partial charge in [-0.15, -0.1) is 0 Å². The van der Waals surface area contributed by atoms with Gasteiger partial charge in [0.25, 0.3) is 0 Å². The summed E-state index contributed by atoms with van der Waals surface area (Å²) >= 11 is 0. The fourth-order valence-corrected chi connectivity index (χ4v) is 12.6. The molecule has 0 radical (unpaired) electrons. The lowest BCUT2D eigenvalue weighted by atomic mass is 9.97. The Labute approximate surface area is 526 Å². The largest absolute Gasteiger partial charge is 0.394 e. The second-order valence-corrected chi connectivity index (χ2v) is 26.4. The predicted molar refractivity (Wildman–Crippen MR) is 351 cm³/mol. The van der Waals surface area contributed by atoms with E-state index in [4.69, 9.17) is 18.9 Å². The molecule has 0 saturated carbocycles. The summed E-state index contributed by atoms with van der Waals surface area (Å²) in [6.45, 7) is 2.93. The molecule has 0 spiro atoms. The molecule has 0 aromatic rings. The van der Waals surface area contributed by atoms with Crippen molar-refractivity contribution in [2.75, 3.05) is 19.8 Å². The van der Waals surface area contributed by atoms with E-state index in [1.807, 2.05) is 0 Å². The molecular formula is C72H139NO13. The van der Waals surface area contributed by atoms with E-state index >= 15 is 0 Å². The van der Waals surface area contributed by atoms with Crippen LogP contribution >= 0.6 is 0 Å². The van der Waals surface area contributed by atoms with Gasteiger partial charge >= 0.3 is 0 Å². The van der Waals surface area contributed by atoms with Gasteiger partial charge in [0, 0.05) is 6.42 Å². The minimum Gasteiger partial charge on any atom is -0.394 e. The van der Waals surface area contributed by atoms with Crippen molar-refractivity contribution in [3.8, 4) is 0 Å². The Bertz CT molecular complexity index is 1490. The Kier molecular flexibility index (Phi) is 54.1. The Balaban J connectivity index is 1.65. The molecule has 0 aromatic carbocycles. The lowest BCUT2D eigenvalue weighted by Gasteiger charge is -2.46. The lowest BCUT2D eigenvalue weighted by Crippen LogP contribution is -2.65. The first-order chi connectivity index (χ1) is 42.1. The van der Waals surface area contributed by atoms with Crippen LogP contribution in [-0.2, 0) is 23.7 Å². The van der Waals surface area contributed by atoms with Crippen molar-refractivity contribution in [1.29, 1.82) is 0 Å². The first-order valence-corrected chi connectivity index (χ1v) is 36.9. The molecule has 2 fully saturated rings. The number of rotatable bonds is 62. The number of nitrogens with one attached hydrogen (secondary N) is 1. The summed E-state index contributed by atoms with van der Waals surface area (Å²) in [5.74, 6) is -0.199. The van der Waals surface area contributed by atoms with Crippen LogP contribution in [0.25, 0.3) is 0 Å². The van der Waals surface area contributed by atoms with Crippen LogP contribution in [0, 0.1) is 0 Å². The number of carbonyl (C=O) groups excluding carboxylic acids is 1. The summed E-state index contributed by atoms with van der Waals surface area (Å²) in [6.07, 6.45) is 53.7. The molecule has 510 valence electrons. The highest BCUT2D eigenvalue weighted by Crippen LogP contribution is 2.30. The first kappa shape index (κ1) is 80.8. The normalized spacial score (nSPS) is 23.4. The number of hydrogen-bond acceptors (Lipinski definition) is 13. The maximum atomic E-state index is 13.4. The zero-order valence-corrected chi connectivity index (χ0v) is 55.6. The molecule has 14 nitrogen and oxygen atoms in total. The van der Waals surface area contributed by atoms with E-state index in [9.17, 15) is 45.6 Å². The van der Waals surface area contributed by atoms with Crippen molar-refractivity contribution in [3.63, 3.8) is 0 Å². The summed E-state index contributed by atoms with van der Waals surface area (Å²) in [6, 6.07) is -0.827. The summed E-state index contributed by atoms with van der Waals surface area (Å²) < 4.78 is 23.0. The maximum absolute atomic E-state index is 13.4. The second kappa shape index (κ2) is 57.6. The van der Waals surface area contributed by atoms with E-state index in [0.29, 0.717) is 12.8 Å². The zero-order chi connectivity index (χ0) is 62.3. The Morgan fingerprint density at radius 3 is 1.10 bits per heavy atom. The number of allylic oxidation sites excluding steroid dienone is 2. The van der Waals surface area contributed by atoms with Gasteiger partial charge in [0.15, 0.2) is 12.6 Å². The van der Waals surface area contributed by atoms with Crippen molar-refractivity contribution >= 4 is 5.91 Å². The van der Waals surface area contributed by atoms with Gasteiger partial charge in [-0.05, 0) is 38.5 Å². The second-order valence-electron chi connectivity index (χ2n) is 26.4. The third kappa shape index (κ3) is 41.3. The molecule has 0 bridgehead atoms. The smallest absolute Gasteiger partial charge is 0.220 e. The molecule has 2 heterocycles. The molecule has 2 aliphatic rings. The topological polar surface area (TPSA) is 228 Å². The number of aliphatic hydroxyl groups is 8.